The summed E-state index contributed by atoms with van der Waals surface area (Å²) in [6.45, 7) is 5.37. The summed E-state index contributed by atoms with van der Waals surface area (Å²) in [5, 5.41) is 9.56. The lowest BCUT2D eigenvalue weighted by molar-refractivity contribution is -0.131. The Hall–Kier alpha value is -2.14. The van der Waals surface area contributed by atoms with E-state index < -0.39 is 0 Å². The summed E-state index contributed by atoms with van der Waals surface area (Å²) < 4.78 is 0. The van der Waals surface area contributed by atoms with Gasteiger partial charge in [-0.1, -0.05) is 24.8 Å². The SMILES string of the molecule is C=CC(=O)N1CCC(C(=O)N2CC(CO)Cc3ccccc32)CC1. The number of rotatable bonds is 3. The van der Waals surface area contributed by atoms with E-state index >= 15 is 0 Å². The summed E-state index contributed by atoms with van der Waals surface area (Å²) in [7, 11) is 0. The van der Waals surface area contributed by atoms with Crippen molar-refractivity contribution in [3.05, 3.63) is 42.5 Å². The Labute approximate surface area is 142 Å². The van der Waals surface area contributed by atoms with Gasteiger partial charge in [0.25, 0.3) is 0 Å². The van der Waals surface area contributed by atoms with Crippen LogP contribution in [0.2, 0.25) is 0 Å². The number of benzene rings is 1. The molecule has 1 fully saturated rings. The van der Waals surface area contributed by atoms with Gasteiger partial charge in [0.2, 0.25) is 11.8 Å². The third kappa shape index (κ3) is 3.22. The fourth-order valence-corrected chi connectivity index (χ4v) is 3.71. The number of nitrogens with zero attached hydrogens (tertiary/aromatic N) is 2. The first-order chi connectivity index (χ1) is 11.6. The summed E-state index contributed by atoms with van der Waals surface area (Å²) in [4.78, 5) is 28.3. The summed E-state index contributed by atoms with van der Waals surface area (Å²) in [6.07, 6.45) is 3.50. The Morgan fingerprint density at radius 2 is 1.96 bits per heavy atom. The number of carbonyl (C=O) groups is 2. The van der Waals surface area contributed by atoms with Crippen LogP contribution in [0.3, 0.4) is 0 Å². The second kappa shape index (κ2) is 7.18. The van der Waals surface area contributed by atoms with Gasteiger partial charge in [0.15, 0.2) is 0 Å². The second-order valence-corrected chi connectivity index (χ2v) is 6.63. The van der Waals surface area contributed by atoms with Crippen LogP contribution >= 0.6 is 0 Å². The highest BCUT2D eigenvalue weighted by molar-refractivity contribution is 5.96. The Morgan fingerprint density at radius 1 is 1.25 bits per heavy atom. The zero-order valence-electron chi connectivity index (χ0n) is 13.9. The summed E-state index contributed by atoms with van der Waals surface area (Å²) in [5.41, 5.74) is 2.09. The maximum atomic E-state index is 13.0. The normalized spacial score (nSPS) is 21.3. The van der Waals surface area contributed by atoms with Crippen molar-refractivity contribution in [1.29, 1.82) is 0 Å². The van der Waals surface area contributed by atoms with E-state index in [2.05, 4.69) is 6.58 Å². The quantitative estimate of drug-likeness (QED) is 0.858. The standard InChI is InChI=1S/C19H24N2O3/c1-2-18(23)20-9-7-15(8-10-20)19(24)21-12-14(13-22)11-16-5-3-4-6-17(16)21/h2-6,14-15,22H,1,7-13H2. The third-order valence-electron chi connectivity index (χ3n) is 5.09. The van der Waals surface area contributed by atoms with Crippen molar-refractivity contribution in [3.63, 3.8) is 0 Å². The predicted octanol–water partition coefficient (Wildman–Crippen LogP) is 1.61. The Bertz CT molecular complexity index is 635. The number of para-hydroxylation sites is 1. The van der Waals surface area contributed by atoms with Crippen LogP contribution in [0.5, 0.6) is 0 Å². The van der Waals surface area contributed by atoms with Crippen LogP contribution in [0.25, 0.3) is 0 Å². The Morgan fingerprint density at radius 3 is 2.62 bits per heavy atom. The van der Waals surface area contributed by atoms with Crippen LogP contribution in [0.4, 0.5) is 5.69 Å². The van der Waals surface area contributed by atoms with E-state index in [-0.39, 0.29) is 30.3 Å². The van der Waals surface area contributed by atoms with E-state index in [9.17, 15) is 14.7 Å². The molecule has 2 heterocycles. The van der Waals surface area contributed by atoms with Gasteiger partial charge in [0.05, 0.1) is 0 Å². The molecule has 5 nitrogen and oxygen atoms in total. The molecule has 0 aliphatic carbocycles. The van der Waals surface area contributed by atoms with Gasteiger partial charge in [-0.25, -0.2) is 0 Å². The topological polar surface area (TPSA) is 60.9 Å². The molecule has 1 aromatic rings. The molecule has 0 saturated carbocycles. The Kier molecular flexibility index (Phi) is 5.00. The highest BCUT2D eigenvalue weighted by Gasteiger charge is 2.34. The molecule has 128 valence electrons. The number of likely N-dealkylation sites (tertiary alicyclic amines) is 1. The molecule has 1 saturated heterocycles. The van der Waals surface area contributed by atoms with E-state index in [0.29, 0.717) is 32.5 Å². The zero-order chi connectivity index (χ0) is 17.1. The van der Waals surface area contributed by atoms with Crippen molar-refractivity contribution in [1.82, 2.24) is 4.90 Å². The molecule has 1 unspecified atom stereocenters. The summed E-state index contributed by atoms with van der Waals surface area (Å²) in [6, 6.07) is 7.93. The van der Waals surface area contributed by atoms with Crippen molar-refractivity contribution in [2.24, 2.45) is 11.8 Å². The van der Waals surface area contributed by atoms with Gasteiger partial charge in [-0.2, -0.15) is 0 Å². The molecule has 0 spiro atoms. The minimum absolute atomic E-state index is 0.0652. The first kappa shape index (κ1) is 16.7. The summed E-state index contributed by atoms with van der Waals surface area (Å²) in [5.74, 6) is 0.0755. The van der Waals surface area contributed by atoms with Crippen LogP contribution in [-0.4, -0.2) is 48.1 Å². The predicted molar refractivity (Wildman–Crippen MR) is 92.6 cm³/mol. The Balaban J connectivity index is 1.73. The van der Waals surface area contributed by atoms with Gasteiger partial charge in [-0.15, -0.1) is 0 Å². The third-order valence-corrected chi connectivity index (χ3v) is 5.09. The number of aliphatic hydroxyl groups is 1. The fourth-order valence-electron chi connectivity index (χ4n) is 3.71. The van der Waals surface area contributed by atoms with E-state index in [4.69, 9.17) is 0 Å². The van der Waals surface area contributed by atoms with E-state index in [1.54, 1.807) is 4.90 Å². The molecule has 1 N–H and O–H groups in total. The maximum Gasteiger partial charge on any atom is 0.245 e. The lowest BCUT2D eigenvalue weighted by Gasteiger charge is -2.38. The molecule has 0 radical (unpaired) electrons. The lowest BCUT2D eigenvalue weighted by Crippen LogP contribution is -2.47. The van der Waals surface area contributed by atoms with Crippen LogP contribution in [0.1, 0.15) is 18.4 Å². The first-order valence-corrected chi connectivity index (χ1v) is 8.55. The van der Waals surface area contributed by atoms with Gasteiger partial charge < -0.3 is 14.9 Å². The van der Waals surface area contributed by atoms with Gasteiger partial charge in [-0.3, -0.25) is 9.59 Å². The highest BCUT2D eigenvalue weighted by Crippen LogP contribution is 2.32. The van der Waals surface area contributed by atoms with E-state index in [1.165, 1.54) is 6.08 Å². The molecule has 0 aromatic heterocycles. The van der Waals surface area contributed by atoms with Crippen LogP contribution in [0.15, 0.2) is 36.9 Å². The number of fused-ring (bicyclic) bond motifs is 1. The molecule has 24 heavy (non-hydrogen) atoms. The molecular weight excluding hydrogens is 304 g/mol. The van der Waals surface area contributed by atoms with Crippen molar-refractivity contribution < 1.29 is 14.7 Å². The number of aliphatic hydroxyl groups excluding tert-OH is 1. The zero-order valence-corrected chi connectivity index (χ0v) is 13.9. The van der Waals surface area contributed by atoms with E-state index in [1.807, 2.05) is 29.2 Å². The molecule has 3 rings (SSSR count). The van der Waals surface area contributed by atoms with Crippen LogP contribution in [0, 0.1) is 11.8 Å². The van der Waals surface area contributed by atoms with E-state index in [0.717, 1.165) is 17.7 Å². The fraction of sp³-hybridized carbons (Fsp3) is 0.474. The molecular formula is C19H24N2O3. The highest BCUT2D eigenvalue weighted by atomic mass is 16.3. The smallest absolute Gasteiger partial charge is 0.245 e. The number of hydrogen-bond acceptors (Lipinski definition) is 3. The number of hydrogen-bond donors (Lipinski definition) is 1. The van der Waals surface area contributed by atoms with Gasteiger partial charge in [0, 0.05) is 43.8 Å². The minimum atomic E-state index is -0.0654. The molecule has 1 aromatic carbocycles. The molecule has 1 atom stereocenters. The lowest BCUT2D eigenvalue weighted by atomic mass is 9.89. The summed E-state index contributed by atoms with van der Waals surface area (Å²) >= 11 is 0. The molecule has 2 amide bonds. The second-order valence-electron chi connectivity index (χ2n) is 6.63. The first-order valence-electron chi connectivity index (χ1n) is 8.55. The number of carbonyl (C=O) groups excluding carboxylic acids is 2. The maximum absolute atomic E-state index is 13.0. The monoisotopic (exact) mass is 328 g/mol. The average Bonchev–Trinajstić information content (AvgIpc) is 2.66. The van der Waals surface area contributed by atoms with Crippen molar-refractivity contribution in [2.45, 2.75) is 19.3 Å². The molecule has 5 heteroatoms. The van der Waals surface area contributed by atoms with Gasteiger partial charge >= 0.3 is 0 Å². The average molecular weight is 328 g/mol. The number of amides is 2. The van der Waals surface area contributed by atoms with Crippen molar-refractivity contribution in [3.8, 4) is 0 Å². The number of piperidine rings is 1. The van der Waals surface area contributed by atoms with Crippen LogP contribution in [-0.2, 0) is 16.0 Å². The largest absolute Gasteiger partial charge is 0.396 e. The molecule has 0 bridgehead atoms. The van der Waals surface area contributed by atoms with Crippen LogP contribution < -0.4 is 4.90 Å². The van der Waals surface area contributed by atoms with Crippen molar-refractivity contribution >= 4 is 17.5 Å². The van der Waals surface area contributed by atoms with Crippen molar-refractivity contribution in [2.75, 3.05) is 31.1 Å². The minimum Gasteiger partial charge on any atom is -0.396 e. The number of anilines is 1. The molecule has 2 aliphatic heterocycles. The van der Waals surface area contributed by atoms with Gasteiger partial charge in [-0.05, 0) is 37.0 Å². The molecule has 2 aliphatic rings. The van der Waals surface area contributed by atoms with Gasteiger partial charge in [0.1, 0.15) is 0 Å².